The molecule has 0 radical (unpaired) electrons. The molecule has 8 nitrogen and oxygen atoms in total. The van der Waals surface area contributed by atoms with E-state index in [2.05, 4.69) is 16.0 Å². The first-order chi connectivity index (χ1) is 16.0. The maximum Gasteiger partial charge on any atom is 0.319 e. The Hall–Kier alpha value is -4.20. The van der Waals surface area contributed by atoms with Crippen molar-refractivity contribution in [2.24, 2.45) is 0 Å². The van der Waals surface area contributed by atoms with E-state index in [0.29, 0.717) is 30.8 Å². The number of urea groups is 1. The van der Waals surface area contributed by atoms with E-state index in [-0.39, 0.29) is 24.3 Å². The second-order valence-corrected chi connectivity index (χ2v) is 8.26. The molecule has 1 unspecified atom stereocenters. The monoisotopic (exact) mass is 442 g/mol. The van der Waals surface area contributed by atoms with Crippen LogP contribution >= 0.6 is 0 Å². The molecule has 3 aromatic rings. The Labute approximate surface area is 189 Å². The molecule has 2 aliphatic rings. The van der Waals surface area contributed by atoms with Gasteiger partial charge in [-0.2, -0.15) is 0 Å². The molecule has 3 N–H and O–H groups in total. The maximum atomic E-state index is 12.8. The summed E-state index contributed by atoms with van der Waals surface area (Å²) in [5.41, 5.74) is 2.90. The van der Waals surface area contributed by atoms with Gasteiger partial charge < -0.3 is 15.5 Å². The van der Waals surface area contributed by atoms with E-state index in [1.165, 1.54) is 4.90 Å². The van der Waals surface area contributed by atoms with Crippen LogP contribution in [0.1, 0.15) is 34.3 Å². The fourth-order valence-corrected chi connectivity index (χ4v) is 4.36. The third-order valence-electron chi connectivity index (χ3n) is 6.05. The Morgan fingerprint density at radius 2 is 1.82 bits per heavy atom. The van der Waals surface area contributed by atoms with Crippen LogP contribution in [0.2, 0.25) is 0 Å². The molecule has 33 heavy (non-hydrogen) atoms. The second kappa shape index (κ2) is 8.38. The minimum atomic E-state index is -0.642. The van der Waals surface area contributed by atoms with Gasteiger partial charge in [-0.15, -0.1) is 0 Å². The van der Waals surface area contributed by atoms with Crippen LogP contribution in [0.15, 0.2) is 60.7 Å². The number of piperidine rings is 1. The lowest BCUT2D eigenvalue weighted by Crippen LogP contribution is -2.52. The molecule has 0 aromatic heterocycles. The first-order valence-corrected chi connectivity index (χ1v) is 10.8. The van der Waals surface area contributed by atoms with Gasteiger partial charge in [-0.25, -0.2) is 4.79 Å². The van der Waals surface area contributed by atoms with E-state index < -0.39 is 11.9 Å². The van der Waals surface area contributed by atoms with E-state index in [1.54, 1.807) is 12.1 Å². The van der Waals surface area contributed by atoms with E-state index in [9.17, 15) is 19.2 Å². The highest BCUT2D eigenvalue weighted by atomic mass is 16.2. The Balaban J connectivity index is 1.21. The molecular weight excluding hydrogens is 420 g/mol. The number of carbonyl (C=O) groups excluding carboxylic acids is 4. The summed E-state index contributed by atoms with van der Waals surface area (Å²) in [5, 5.41) is 10.1. The average Bonchev–Trinajstić information content (AvgIpc) is 3.13. The summed E-state index contributed by atoms with van der Waals surface area (Å²) < 4.78 is 0. The molecule has 0 aliphatic carbocycles. The summed E-state index contributed by atoms with van der Waals surface area (Å²) in [4.78, 5) is 50.2. The summed E-state index contributed by atoms with van der Waals surface area (Å²) in [7, 11) is 0. The minimum Gasteiger partial charge on any atom is -0.334 e. The Morgan fingerprint density at radius 1 is 1.00 bits per heavy atom. The molecule has 0 bridgehead atoms. The number of hydrogen-bond acceptors (Lipinski definition) is 4. The van der Waals surface area contributed by atoms with Crippen LogP contribution in [-0.4, -0.2) is 34.7 Å². The first-order valence-electron chi connectivity index (χ1n) is 10.8. The van der Waals surface area contributed by atoms with Gasteiger partial charge in [0.05, 0.1) is 0 Å². The van der Waals surface area contributed by atoms with Crippen LogP contribution in [0, 0.1) is 0 Å². The van der Waals surface area contributed by atoms with Crippen molar-refractivity contribution in [3.05, 3.63) is 77.4 Å². The molecule has 2 aliphatic heterocycles. The van der Waals surface area contributed by atoms with Crippen molar-refractivity contribution < 1.29 is 19.2 Å². The van der Waals surface area contributed by atoms with Gasteiger partial charge in [0.2, 0.25) is 11.8 Å². The highest BCUT2D eigenvalue weighted by molar-refractivity contribution is 6.05. The molecule has 3 aromatic carbocycles. The van der Waals surface area contributed by atoms with Gasteiger partial charge in [0.15, 0.2) is 0 Å². The van der Waals surface area contributed by atoms with Gasteiger partial charge in [0, 0.05) is 30.8 Å². The van der Waals surface area contributed by atoms with Crippen molar-refractivity contribution in [2.45, 2.75) is 32.0 Å². The molecular formula is C25H22N4O4. The lowest BCUT2D eigenvalue weighted by molar-refractivity contribution is -0.136. The van der Waals surface area contributed by atoms with Gasteiger partial charge in [-0.1, -0.05) is 42.5 Å². The average molecular weight is 442 g/mol. The van der Waals surface area contributed by atoms with Gasteiger partial charge in [0.25, 0.3) is 5.91 Å². The predicted molar refractivity (Wildman–Crippen MR) is 122 cm³/mol. The summed E-state index contributed by atoms with van der Waals surface area (Å²) in [6.45, 7) is 0.594. The van der Waals surface area contributed by atoms with Crippen LogP contribution < -0.4 is 16.0 Å². The number of carbonyl (C=O) groups is 4. The molecule has 8 heteroatoms. The van der Waals surface area contributed by atoms with Crippen molar-refractivity contribution in [3.8, 4) is 0 Å². The summed E-state index contributed by atoms with van der Waals surface area (Å²) in [6.07, 6.45) is 0.547. The molecule has 2 heterocycles. The number of nitrogens with zero attached hydrogens (tertiary/aromatic N) is 1. The molecule has 0 saturated carbocycles. The number of amides is 5. The number of imide groups is 1. The zero-order valence-electron chi connectivity index (χ0n) is 17.8. The van der Waals surface area contributed by atoms with Gasteiger partial charge in [0.1, 0.15) is 6.04 Å². The van der Waals surface area contributed by atoms with Gasteiger partial charge in [-0.3, -0.25) is 19.7 Å². The normalized spacial score (nSPS) is 17.6. The Kier molecular flexibility index (Phi) is 5.26. The topological polar surface area (TPSA) is 108 Å². The van der Waals surface area contributed by atoms with Crippen molar-refractivity contribution in [1.29, 1.82) is 0 Å². The molecule has 1 fully saturated rings. The minimum absolute atomic E-state index is 0.215. The van der Waals surface area contributed by atoms with Crippen LogP contribution in [0.4, 0.5) is 10.5 Å². The highest BCUT2D eigenvalue weighted by Crippen LogP contribution is 2.28. The van der Waals surface area contributed by atoms with E-state index in [1.807, 2.05) is 48.5 Å². The summed E-state index contributed by atoms with van der Waals surface area (Å²) in [5.74, 6) is -0.955. The molecule has 5 amide bonds. The number of benzene rings is 3. The van der Waals surface area contributed by atoms with Crippen molar-refractivity contribution in [3.63, 3.8) is 0 Å². The number of nitrogens with one attached hydrogen (secondary N) is 3. The molecule has 1 saturated heterocycles. The zero-order valence-corrected chi connectivity index (χ0v) is 17.8. The lowest BCUT2D eigenvalue weighted by Gasteiger charge is -2.29. The quantitative estimate of drug-likeness (QED) is 0.540. The SMILES string of the molecule is O=C1CCC(N2Cc3cc(CNC(=O)Nc4ccc5ccccc5c4)ccc3C2=O)C(=O)N1. The number of rotatable bonds is 4. The molecule has 166 valence electrons. The highest BCUT2D eigenvalue weighted by Gasteiger charge is 2.39. The zero-order chi connectivity index (χ0) is 22.9. The number of hydrogen-bond donors (Lipinski definition) is 3. The van der Waals surface area contributed by atoms with E-state index in [4.69, 9.17) is 0 Å². The third kappa shape index (κ3) is 4.15. The largest absolute Gasteiger partial charge is 0.334 e. The Bertz CT molecular complexity index is 1300. The Morgan fingerprint density at radius 3 is 2.64 bits per heavy atom. The number of fused-ring (bicyclic) bond motifs is 2. The standard InChI is InChI=1S/C25H22N4O4/c30-22-10-9-21(23(31)28-22)29-14-18-11-15(5-8-20(18)24(29)32)13-26-25(33)27-19-7-6-16-3-1-2-4-17(16)12-19/h1-8,11-12,21H,9-10,13-14H2,(H2,26,27,33)(H,28,30,31). The van der Waals surface area contributed by atoms with E-state index in [0.717, 1.165) is 21.9 Å². The smallest absolute Gasteiger partial charge is 0.319 e. The second-order valence-electron chi connectivity index (χ2n) is 8.26. The van der Waals surface area contributed by atoms with Crippen LogP contribution in [-0.2, 0) is 22.7 Å². The van der Waals surface area contributed by atoms with E-state index >= 15 is 0 Å². The van der Waals surface area contributed by atoms with Crippen LogP contribution in [0.25, 0.3) is 10.8 Å². The van der Waals surface area contributed by atoms with Gasteiger partial charge >= 0.3 is 6.03 Å². The molecule has 1 atom stereocenters. The van der Waals surface area contributed by atoms with Gasteiger partial charge in [-0.05, 0) is 46.5 Å². The fourth-order valence-electron chi connectivity index (χ4n) is 4.36. The third-order valence-corrected chi connectivity index (χ3v) is 6.05. The molecule has 0 spiro atoms. The molecule has 5 rings (SSSR count). The predicted octanol–water partition coefficient (Wildman–Crippen LogP) is 2.92. The lowest BCUT2D eigenvalue weighted by atomic mass is 10.0. The van der Waals surface area contributed by atoms with Crippen molar-refractivity contribution in [2.75, 3.05) is 5.32 Å². The van der Waals surface area contributed by atoms with Crippen LogP contribution in [0.3, 0.4) is 0 Å². The van der Waals surface area contributed by atoms with Crippen LogP contribution in [0.5, 0.6) is 0 Å². The summed E-state index contributed by atoms with van der Waals surface area (Å²) >= 11 is 0. The maximum absolute atomic E-state index is 12.8. The van der Waals surface area contributed by atoms with Crippen molar-refractivity contribution in [1.82, 2.24) is 15.5 Å². The van der Waals surface area contributed by atoms with Crippen molar-refractivity contribution >= 4 is 40.2 Å². The first kappa shape index (κ1) is 20.7. The fraction of sp³-hybridized carbons (Fsp3) is 0.200. The summed E-state index contributed by atoms with van der Waals surface area (Å²) in [6, 6.07) is 18.1. The number of anilines is 1.